The third-order valence-corrected chi connectivity index (χ3v) is 3.02. The van der Waals surface area contributed by atoms with Gasteiger partial charge in [-0.15, -0.1) is 0 Å². The molecule has 3 rings (SSSR count). The van der Waals surface area contributed by atoms with E-state index in [2.05, 4.69) is 0 Å². The first-order valence-corrected chi connectivity index (χ1v) is 5.48. The van der Waals surface area contributed by atoms with Crippen LogP contribution in [0.15, 0.2) is 41.2 Å². The van der Waals surface area contributed by atoms with E-state index in [0.29, 0.717) is 17.8 Å². The number of rotatable bonds is 1. The molecule has 4 heteroatoms. The number of nitrogens with two attached hydrogens (primary N) is 1. The van der Waals surface area contributed by atoms with Gasteiger partial charge in [0.2, 0.25) is 0 Å². The number of hydrogen-bond acceptors (Lipinski definition) is 3. The van der Waals surface area contributed by atoms with E-state index in [1.807, 2.05) is 18.2 Å². The monoisotopic (exact) mass is 228 g/mol. The highest BCUT2D eigenvalue weighted by Gasteiger charge is 2.26. The summed E-state index contributed by atoms with van der Waals surface area (Å²) in [5, 5.41) is 0. The number of fused-ring (bicyclic) bond motifs is 1. The molecule has 0 saturated heterocycles. The van der Waals surface area contributed by atoms with Crippen LogP contribution in [-0.2, 0) is 6.42 Å². The minimum atomic E-state index is -0.0388. The summed E-state index contributed by atoms with van der Waals surface area (Å²) in [6.07, 6.45) is 3.84. The molecule has 0 radical (unpaired) electrons. The largest absolute Gasteiger partial charge is 0.472 e. The van der Waals surface area contributed by atoms with Gasteiger partial charge in [-0.1, -0.05) is 6.07 Å². The van der Waals surface area contributed by atoms with Gasteiger partial charge in [-0.05, 0) is 30.2 Å². The molecule has 1 aromatic heterocycles. The molecule has 1 aromatic carbocycles. The highest BCUT2D eigenvalue weighted by atomic mass is 16.3. The van der Waals surface area contributed by atoms with Crippen LogP contribution in [0.25, 0.3) is 0 Å². The molecule has 0 aliphatic carbocycles. The van der Waals surface area contributed by atoms with Crippen LogP contribution >= 0.6 is 0 Å². The molecule has 17 heavy (non-hydrogen) atoms. The van der Waals surface area contributed by atoms with Crippen molar-refractivity contribution in [1.82, 2.24) is 0 Å². The van der Waals surface area contributed by atoms with E-state index in [0.717, 1.165) is 17.7 Å². The minimum absolute atomic E-state index is 0.0388. The first-order chi connectivity index (χ1) is 8.25. The third-order valence-electron chi connectivity index (χ3n) is 3.02. The Balaban J connectivity index is 1.98. The predicted octanol–water partition coefficient (Wildman–Crippen LogP) is 2.06. The fourth-order valence-corrected chi connectivity index (χ4v) is 2.15. The van der Waals surface area contributed by atoms with E-state index in [-0.39, 0.29) is 5.91 Å². The first-order valence-electron chi connectivity index (χ1n) is 5.48. The summed E-state index contributed by atoms with van der Waals surface area (Å²) in [5.41, 5.74) is 9.08. The van der Waals surface area contributed by atoms with Gasteiger partial charge in [-0.2, -0.15) is 0 Å². The standard InChI is InChI=1S/C13H12N2O2/c14-11-2-1-9-3-5-15(12(9)7-11)13(16)10-4-6-17-8-10/h1-2,4,6-8H,3,5,14H2. The van der Waals surface area contributed by atoms with Gasteiger partial charge in [-0.25, -0.2) is 0 Å². The molecular formula is C13H12N2O2. The normalized spacial score (nSPS) is 13.8. The lowest BCUT2D eigenvalue weighted by Crippen LogP contribution is -2.28. The van der Waals surface area contributed by atoms with Gasteiger partial charge < -0.3 is 15.1 Å². The summed E-state index contributed by atoms with van der Waals surface area (Å²) in [6.45, 7) is 0.697. The predicted molar refractivity (Wildman–Crippen MR) is 64.9 cm³/mol. The molecule has 4 nitrogen and oxygen atoms in total. The van der Waals surface area contributed by atoms with Crippen molar-refractivity contribution in [3.63, 3.8) is 0 Å². The molecule has 1 amide bonds. The van der Waals surface area contributed by atoms with Crippen molar-refractivity contribution in [3.05, 3.63) is 47.9 Å². The van der Waals surface area contributed by atoms with Crippen molar-refractivity contribution in [3.8, 4) is 0 Å². The highest BCUT2D eigenvalue weighted by Crippen LogP contribution is 2.31. The Morgan fingerprint density at radius 3 is 3.00 bits per heavy atom. The molecule has 2 heterocycles. The molecule has 0 bridgehead atoms. The minimum Gasteiger partial charge on any atom is -0.472 e. The van der Waals surface area contributed by atoms with Crippen molar-refractivity contribution in [2.45, 2.75) is 6.42 Å². The number of benzene rings is 1. The summed E-state index contributed by atoms with van der Waals surface area (Å²) >= 11 is 0. The SMILES string of the molecule is Nc1ccc2c(c1)N(C(=O)c1ccoc1)CC2. The van der Waals surface area contributed by atoms with Crippen LogP contribution in [-0.4, -0.2) is 12.5 Å². The number of hydrogen-bond donors (Lipinski definition) is 1. The van der Waals surface area contributed by atoms with Crippen LogP contribution in [0, 0.1) is 0 Å². The Morgan fingerprint density at radius 1 is 1.35 bits per heavy atom. The lowest BCUT2D eigenvalue weighted by atomic mass is 10.1. The van der Waals surface area contributed by atoms with E-state index in [4.69, 9.17) is 10.2 Å². The maximum Gasteiger partial charge on any atom is 0.261 e. The quantitative estimate of drug-likeness (QED) is 0.760. The Bertz CT molecular complexity index is 561. The fraction of sp³-hybridized carbons (Fsp3) is 0.154. The lowest BCUT2D eigenvalue weighted by Gasteiger charge is -2.16. The van der Waals surface area contributed by atoms with Crippen LogP contribution in [0.5, 0.6) is 0 Å². The average Bonchev–Trinajstić information content (AvgIpc) is 2.97. The maximum absolute atomic E-state index is 12.2. The number of nitrogens with zero attached hydrogens (tertiary/aromatic N) is 1. The van der Waals surface area contributed by atoms with Gasteiger partial charge in [0.25, 0.3) is 5.91 Å². The van der Waals surface area contributed by atoms with E-state index < -0.39 is 0 Å². The molecule has 0 saturated carbocycles. The van der Waals surface area contributed by atoms with Gasteiger partial charge in [0.1, 0.15) is 6.26 Å². The van der Waals surface area contributed by atoms with Gasteiger partial charge >= 0.3 is 0 Å². The lowest BCUT2D eigenvalue weighted by molar-refractivity contribution is 0.0989. The number of anilines is 2. The summed E-state index contributed by atoms with van der Waals surface area (Å²) < 4.78 is 4.93. The van der Waals surface area contributed by atoms with E-state index in [1.165, 1.54) is 12.5 Å². The van der Waals surface area contributed by atoms with Crippen LogP contribution in [0.4, 0.5) is 11.4 Å². The molecule has 2 aromatic rings. The summed E-state index contributed by atoms with van der Waals surface area (Å²) in [6, 6.07) is 7.37. The first kappa shape index (κ1) is 9.96. The maximum atomic E-state index is 12.2. The van der Waals surface area contributed by atoms with E-state index >= 15 is 0 Å². The van der Waals surface area contributed by atoms with Crippen molar-refractivity contribution in [2.75, 3.05) is 17.2 Å². The molecule has 0 fully saturated rings. The van der Waals surface area contributed by atoms with Crippen LogP contribution < -0.4 is 10.6 Å². The molecular weight excluding hydrogens is 216 g/mol. The average molecular weight is 228 g/mol. The fourth-order valence-electron chi connectivity index (χ4n) is 2.15. The molecule has 2 N–H and O–H groups in total. The molecule has 0 unspecified atom stereocenters. The summed E-state index contributed by atoms with van der Waals surface area (Å²) in [4.78, 5) is 14.0. The van der Waals surface area contributed by atoms with E-state index in [9.17, 15) is 4.79 Å². The van der Waals surface area contributed by atoms with Crippen molar-refractivity contribution in [2.24, 2.45) is 0 Å². The van der Waals surface area contributed by atoms with Crippen molar-refractivity contribution >= 4 is 17.3 Å². The van der Waals surface area contributed by atoms with Crippen LogP contribution in [0.1, 0.15) is 15.9 Å². The molecule has 1 aliphatic rings. The van der Waals surface area contributed by atoms with E-state index in [1.54, 1.807) is 11.0 Å². The number of furan rings is 1. The topological polar surface area (TPSA) is 59.5 Å². The Labute approximate surface area is 98.6 Å². The van der Waals surface area contributed by atoms with Gasteiger partial charge in [0, 0.05) is 17.9 Å². The second-order valence-corrected chi connectivity index (χ2v) is 4.11. The van der Waals surface area contributed by atoms with Gasteiger partial charge in [-0.3, -0.25) is 4.79 Å². The number of carbonyl (C=O) groups excluding carboxylic acids is 1. The molecule has 0 atom stereocenters. The zero-order valence-electron chi connectivity index (χ0n) is 9.22. The number of amides is 1. The second-order valence-electron chi connectivity index (χ2n) is 4.11. The number of carbonyl (C=O) groups is 1. The Hall–Kier alpha value is -2.23. The molecule has 0 spiro atoms. The van der Waals surface area contributed by atoms with Gasteiger partial charge in [0.15, 0.2) is 0 Å². The summed E-state index contributed by atoms with van der Waals surface area (Å²) in [7, 11) is 0. The van der Waals surface area contributed by atoms with Crippen LogP contribution in [0.3, 0.4) is 0 Å². The van der Waals surface area contributed by atoms with Crippen molar-refractivity contribution < 1.29 is 9.21 Å². The van der Waals surface area contributed by atoms with Gasteiger partial charge in [0.05, 0.1) is 11.8 Å². The van der Waals surface area contributed by atoms with Crippen LogP contribution in [0.2, 0.25) is 0 Å². The zero-order chi connectivity index (χ0) is 11.8. The highest BCUT2D eigenvalue weighted by molar-refractivity contribution is 6.07. The second kappa shape index (κ2) is 3.66. The summed E-state index contributed by atoms with van der Waals surface area (Å²) in [5.74, 6) is -0.0388. The van der Waals surface area contributed by atoms with Crippen molar-refractivity contribution in [1.29, 1.82) is 0 Å². The molecule has 1 aliphatic heterocycles. The Morgan fingerprint density at radius 2 is 2.24 bits per heavy atom. The molecule has 86 valence electrons. The number of nitrogen functional groups attached to an aromatic ring is 1. The Kier molecular flexibility index (Phi) is 2.14. The third kappa shape index (κ3) is 1.58. The smallest absolute Gasteiger partial charge is 0.261 e. The zero-order valence-corrected chi connectivity index (χ0v) is 9.22.